The largest absolute Gasteiger partial charge is 0.345 e. The minimum atomic E-state index is -0.455. The highest BCUT2D eigenvalue weighted by Crippen LogP contribution is 2.25. The Morgan fingerprint density at radius 1 is 1.56 bits per heavy atom. The predicted octanol–water partition coefficient (Wildman–Crippen LogP) is 1.25. The second kappa shape index (κ2) is 5.06. The molecule has 2 unspecified atom stereocenters. The van der Waals surface area contributed by atoms with E-state index >= 15 is 0 Å². The van der Waals surface area contributed by atoms with Crippen LogP contribution in [0.25, 0.3) is 0 Å². The zero-order valence-corrected chi connectivity index (χ0v) is 11.6. The molecule has 0 radical (unpaired) electrons. The van der Waals surface area contributed by atoms with Crippen LogP contribution in [0.2, 0.25) is 0 Å². The number of aromatic nitrogens is 1. The van der Waals surface area contributed by atoms with Crippen molar-refractivity contribution < 1.29 is 9.59 Å². The van der Waals surface area contributed by atoms with Crippen LogP contribution in [0.3, 0.4) is 0 Å². The van der Waals surface area contributed by atoms with Crippen molar-refractivity contribution in [3.05, 3.63) is 16.1 Å². The van der Waals surface area contributed by atoms with Gasteiger partial charge in [0.15, 0.2) is 0 Å². The summed E-state index contributed by atoms with van der Waals surface area (Å²) in [7, 11) is 0. The fraction of sp³-hybridized carbons (Fsp3) is 0.583. The van der Waals surface area contributed by atoms with Crippen molar-refractivity contribution >= 4 is 23.2 Å². The first-order valence-corrected chi connectivity index (χ1v) is 6.89. The molecule has 5 nitrogen and oxygen atoms in total. The van der Waals surface area contributed by atoms with E-state index in [9.17, 15) is 9.59 Å². The normalized spacial score (nSPS) is 22.6. The van der Waals surface area contributed by atoms with Gasteiger partial charge in [0, 0.05) is 24.0 Å². The lowest BCUT2D eigenvalue weighted by atomic mass is 10.2. The summed E-state index contributed by atoms with van der Waals surface area (Å²) >= 11 is 1.55. The van der Waals surface area contributed by atoms with Crippen molar-refractivity contribution in [2.24, 2.45) is 0 Å². The smallest absolute Gasteiger partial charge is 0.245 e. The molecular formula is C12H17N3O2S. The average Bonchev–Trinajstić information content (AvgIpc) is 2.70. The van der Waals surface area contributed by atoms with E-state index in [0.717, 1.165) is 10.7 Å². The van der Waals surface area contributed by atoms with Gasteiger partial charge in [-0.05, 0) is 20.8 Å². The Balaban J connectivity index is 2.20. The third kappa shape index (κ3) is 2.53. The number of hydrogen-bond donors (Lipinski definition) is 1. The molecule has 18 heavy (non-hydrogen) atoms. The predicted molar refractivity (Wildman–Crippen MR) is 69.2 cm³/mol. The van der Waals surface area contributed by atoms with Crippen molar-refractivity contribution in [2.45, 2.75) is 39.3 Å². The molecule has 0 saturated carbocycles. The molecule has 0 aromatic carbocycles. The van der Waals surface area contributed by atoms with Gasteiger partial charge in [-0.1, -0.05) is 0 Å². The molecule has 1 N–H and O–H groups in total. The highest BCUT2D eigenvalue weighted by molar-refractivity contribution is 7.09. The zero-order valence-electron chi connectivity index (χ0n) is 10.8. The molecule has 1 aromatic rings. The van der Waals surface area contributed by atoms with Crippen LogP contribution in [-0.2, 0) is 9.59 Å². The SMILES string of the molecule is Cc1csc(C(C)N2CCC(=O)NC(C)C2=O)n1. The van der Waals surface area contributed by atoms with Gasteiger partial charge in [0.25, 0.3) is 0 Å². The monoisotopic (exact) mass is 267 g/mol. The Hall–Kier alpha value is -1.43. The summed E-state index contributed by atoms with van der Waals surface area (Å²) in [5, 5.41) is 5.58. The van der Waals surface area contributed by atoms with Crippen LogP contribution in [0.15, 0.2) is 5.38 Å². The summed E-state index contributed by atoms with van der Waals surface area (Å²) in [5.41, 5.74) is 0.964. The maximum absolute atomic E-state index is 12.2. The molecule has 2 atom stereocenters. The lowest BCUT2D eigenvalue weighted by Crippen LogP contribution is -2.43. The molecular weight excluding hydrogens is 250 g/mol. The summed E-state index contributed by atoms with van der Waals surface area (Å²) < 4.78 is 0. The molecule has 1 saturated heterocycles. The maximum Gasteiger partial charge on any atom is 0.245 e. The number of aryl methyl sites for hydroxylation is 1. The molecule has 0 aliphatic carbocycles. The van der Waals surface area contributed by atoms with E-state index < -0.39 is 6.04 Å². The van der Waals surface area contributed by atoms with Crippen LogP contribution in [0.5, 0.6) is 0 Å². The zero-order chi connectivity index (χ0) is 13.3. The highest BCUT2D eigenvalue weighted by atomic mass is 32.1. The van der Waals surface area contributed by atoms with Gasteiger partial charge in [0.05, 0.1) is 6.04 Å². The number of nitrogens with one attached hydrogen (secondary N) is 1. The molecule has 2 rings (SSSR count). The topological polar surface area (TPSA) is 62.3 Å². The number of rotatable bonds is 2. The Morgan fingerprint density at radius 3 is 2.89 bits per heavy atom. The molecule has 2 amide bonds. The van der Waals surface area contributed by atoms with Gasteiger partial charge >= 0.3 is 0 Å². The Bertz CT molecular complexity index is 472. The molecule has 1 aliphatic rings. The van der Waals surface area contributed by atoms with Crippen LogP contribution in [-0.4, -0.2) is 34.3 Å². The molecule has 6 heteroatoms. The van der Waals surface area contributed by atoms with Crippen molar-refractivity contribution in [2.75, 3.05) is 6.54 Å². The first-order chi connectivity index (χ1) is 8.49. The minimum Gasteiger partial charge on any atom is -0.345 e. The fourth-order valence-electron chi connectivity index (χ4n) is 2.04. The van der Waals surface area contributed by atoms with Crippen molar-refractivity contribution in [1.29, 1.82) is 0 Å². The lowest BCUT2D eigenvalue weighted by Gasteiger charge is -2.27. The first-order valence-electron chi connectivity index (χ1n) is 6.01. The van der Waals surface area contributed by atoms with Crippen LogP contribution < -0.4 is 5.32 Å². The minimum absolute atomic E-state index is 0.0406. The number of nitrogens with zero attached hydrogens (tertiary/aromatic N) is 2. The number of hydrogen-bond acceptors (Lipinski definition) is 4. The summed E-state index contributed by atoms with van der Waals surface area (Å²) in [5.74, 6) is -0.109. The van der Waals surface area contributed by atoms with Gasteiger partial charge in [-0.2, -0.15) is 0 Å². The maximum atomic E-state index is 12.2. The number of carbonyl (C=O) groups excluding carboxylic acids is 2. The lowest BCUT2D eigenvalue weighted by molar-refractivity contribution is -0.134. The molecule has 1 aliphatic heterocycles. The third-order valence-corrected chi connectivity index (χ3v) is 4.21. The fourth-order valence-corrected chi connectivity index (χ4v) is 2.90. The van der Waals surface area contributed by atoms with E-state index in [0.29, 0.717) is 13.0 Å². The van der Waals surface area contributed by atoms with E-state index in [-0.39, 0.29) is 17.9 Å². The van der Waals surface area contributed by atoms with Crippen LogP contribution >= 0.6 is 11.3 Å². The Labute approximate surface area is 110 Å². The van der Waals surface area contributed by atoms with E-state index in [2.05, 4.69) is 10.3 Å². The average molecular weight is 267 g/mol. The number of amides is 2. The number of thiazole rings is 1. The van der Waals surface area contributed by atoms with Crippen LogP contribution in [0.1, 0.15) is 37.0 Å². The summed E-state index contributed by atoms with van der Waals surface area (Å²) in [6.45, 7) is 6.07. The standard InChI is InChI=1S/C12H17N3O2S/c1-7-6-18-11(13-7)9(3)15-5-4-10(16)14-8(2)12(15)17/h6,8-9H,4-5H2,1-3H3,(H,14,16). The van der Waals surface area contributed by atoms with E-state index in [1.165, 1.54) is 0 Å². The van der Waals surface area contributed by atoms with Gasteiger partial charge < -0.3 is 10.2 Å². The third-order valence-electron chi connectivity index (χ3n) is 3.07. The van der Waals surface area contributed by atoms with Crippen molar-refractivity contribution in [1.82, 2.24) is 15.2 Å². The van der Waals surface area contributed by atoms with Crippen molar-refractivity contribution in [3.63, 3.8) is 0 Å². The quantitative estimate of drug-likeness (QED) is 0.877. The summed E-state index contributed by atoms with van der Waals surface area (Å²) in [6, 6.07) is -0.533. The molecule has 1 fully saturated rings. The number of carbonyl (C=O) groups is 2. The molecule has 0 spiro atoms. The second-order valence-electron chi connectivity index (χ2n) is 4.57. The van der Waals surface area contributed by atoms with E-state index in [1.54, 1.807) is 23.2 Å². The van der Waals surface area contributed by atoms with Gasteiger partial charge in [-0.15, -0.1) is 11.3 Å². The van der Waals surface area contributed by atoms with Crippen LogP contribution in [0.4, 0.5) is 0 Å². The van der Waals surface area contributed by atoms with Gasteiger partial charge in [0.2, 0.25) is 11.8 Å². The van der Waals surface area contributed by atoms with E-state index in [4.69, 9.17) is 0 Å². The molecule has 2 heterocycles. The molecule has 1 aromatic heterocycles. The summed E-state index contributed by atoms with van der Waals surface area (Å²) in [6.07, 6.45) is 0.352. The van der Waals surface area contributed by atoms with Crippen LogP contribution in [0, 0.1) is 6.92 Å². The van der Waals surface area contributed by atoms with Gasteiger partial charge in [-0.25, -0.2) is 4.98 Å². The van der Waals surface area contributed by atoms with Gasteiger partial charge in [-0.3, -0.25) is 9.59 Å². The Morgan fingerprint density at radius 2 is 2.28 bits per heavy atom. The van der Waals surface area contributed by atoms with E-state index in [1.807, 2.05) is 19.2 Å². The molecule has 0 bridgehead atoms. The molecule has 98 valence electrons. The Kier molecular flexibility index (Phi) is 3.65. The first kappa shape index (κ1) is 13.0. The highest BCUT2D eigenvalue weighted by Gasteiger charge is 2.31. The van der Waals surface area contributed by atoms with Gasteiger partial charge in [0.1, 0.15) is 11.0 Å². The second-order valence-corrected chi connectivity index (χ2v) is 5.46. The van der Waals surface area contributed by atoms with Crippen molar-refractivity contribution in [3.8, 4) is 0 Å². The summed E-state index contributed by atoms with van der Waals surface area (Å²) in [4.78, 5) is 29.8.